The highest BCUT2D eigenvalue weighted by Crippen LogP contribution is 2.19. The van der Waals surface area contributed by atoms with Gasteiger partial charge in [0, 0.05) is 60.5 Å². The minimum atomic E-state index is 0.991. The van der Waals surface area contributed by atoms with Gasteiger partial charge in [-0.2, -0.15) is 0 Å². The molecule has 1 saturated heterocycles. The van der Waals surface area contributed by atoms with Crippen LogP contribution in [0.3, 0.4) is 0 Å². The molecule has 0 radical (unpaired) electrons. The normalized spacial score (nSPS) is 18.3. The molecule has 1 N–H and O–H groups in total. The van der Waals surface area contributed by atoms with E-state index in [1.165, 1.54) is 48.6 Å². The lowest BCUT2D eigenvalue weighted by molar-refractivity contribution is 0.138. The van der Waals surface area contributed by atoms with Crippen LogP contribution in [0.1, 0.15) is 11.8 Å². The molecule has 2 rings (SSSR count). The zero-order valence-electron chi connectivity index (χ0n) is 11.0. The number of likely N-dealkylation sites (N-methyl/N-ethyl adjacent to an activating group) is 1. The molecule has 0 saturated carbocycles. The van der Waals surface area contributed by atoms with E-state index in [0.29, 0.717) is 0 Å². The summed E-state index contributed by atoms with van der Waals surface area (Å²) >= 11 is 5.30. The standard InChI is InChI=1S/C13H22BrN3S/c1-2-16-5-7-17(8-6-16)4-3-15-10-13-9-12(14)11-18-13/h9,11,15H,2-8,10H2,1H3. The molecule has 0 atom stereocenters. The van der Waals surface area contributed by atoms with Crippen molar-refractivity contribution in [2.24, 2.45) is 0 Å². The lowest BCUT2D eigenvalue weighted by Gasteiger charge is -2.33. The van der Waals surface area contributed by atoms with Crippen LogP contribution in [0.5, 0.6) is 0 Å². The fourth-order valence-electron chi connectivity index (χ4n) is 2.22. The van der Waals surface area contributed by atoms with E-state index in [2.05, 4.69) is 49.4 Å². The van der Waals surface area contributed by atoms with Gasteiger partial charge in [-0.15, -0.1) is 11.3 Å². The van der Waals surface area contributed by atoms with Gasteiger partial charge < -0.3 is 10.2 Å². The summed E-state index contributed by atoms with van der Waals surface area (Å²) in [5, 5.41) is 5.66. The second-order valence-electron chi connectivity index (χ2n) is 4.68. The summed E-state index contributed by atoms with van der Waals surface area (Å²) in [6.45, 7) is 11.6. The van der Waals surface area contributed by atoms with E-state index >= 15 is 0 Å². The summed E-state index contributed by atoms with van der Waals surface area (Å²) in [4.78, 5) is 6.48. The van der Waals surface area contributed by atoms with Gasteiger partial charge in [0.15, 0.2) is 0 Å². The fraction of sp³-hybridized carbons (Fsp3) is 0.692. The highest BCUT2D eigenvalue weighted by Gasteiger charge is 2.14. The lowest BCUT2D eigenvalue weighted by Crippen LogP contribution is -2.47. The first-order valence-corrected chi connectivity index (χ1v) is 8.33. The van der Waals surface area contributed by atoms with E-state index in [9.17, 15) is 0 Å². The van der Waals surface area contributed by atoms with Crippen LogP contribution >= 0.6 is 27.3 Å². The molecule has 102 valence electrons. The third kappa shape index (κ3) is 4.63. The molecule has 0 unspecified atom stereocenters. The monoisotopic (exact) mass is 331 g/mol. The summed E-state index contributed by atoms with van der Waals surface area (Å²) in [5.41, 5.74) is 0. The van der Waals surface area contributed by atoms with Crippen molar-refractivity contribution in [1.29, 1.82) is 0 Å². The Morgan fingerprint density at radius 2 is 2.00 bits per heavy atom. The van der Waals surface area contributed by atoms with Crippen LogP contribution in [0, 0.1) is 0 Å². The Morgan fingerprint density at radius 1 is 1.28 bits per heavy atom. The molecule has 1 aliphatic rings. The first-order chi connectivity index (χ1) is 8.78. The van der Waals surface area contributed by atoms with Gasteiger partial charge in [-0.3, -0.25) is 4.90 Å². The maximum Gasteiger partial charge on any atom is 0.0300 e. The summed E-state index contributed by atoms with van der Waals surface area (Å²) in [6, 6.07) is 2.19. The van der Waals surface area contributed by atoms with E-state index in [4.69, 9.17) is 0 Å². The van der Waals surface area contributed by atoms with Gasteiger partial charge in [-0.1, -0.05) is 6.92 Å². The zero-order chi connectivity index (χ0) is 12.8. The zero-order valence-corrected chi connectivity index (χ0v) is 13.4. The average molecular weight is 332 g/mol. The molecule has 2 heterocycles. The number of hydrogen-bond donors (Lipinski definition) is 1. The number of nitrogens with zero attached hydrogens (tertiary/aromatic N) is 2. The number of nitrogens with one attached hydrogen (secondary N) is 1. The molecule has 0 amide bonds. The van der Waals surface area contributed by atoms with Crippen LogP contribution in [0.15, 0.2) is 15.9 Å². The highest BCUT2D eigenvalue weighted by molar-refractivity contribution is 9.10. The van der Waals surface area contributed by atoms with Crippen LogP contribution in [0.4, 0.5) is 0 Å². The quantitative estimate of drug-likeness (QED) is 0.806. The van der Waals surface area contributed by atoms with Crippen molar-refractivity contribution in [3.8, 4) is 0 Å². The van der Waals surface area contributed by atoms with Gasteiger partial charge in [0.2, 0.25) is 0 Å². The van der Waals surface area contributed by atoms with Gasteiger partial charge in [0.05, 0.1) is 0 Å². The van der Waals surface area contributed by atoms with Crippen molar-refractivity contribution in [1.82, 2.24) is 15.1 Å². The number of thiophene rings is 1. The topological polar surface area (TPSA) is 18.5 Å². The van der Waals surface area contributed by atoms with Crippen LogP contribution < -0.4 is 5.32 Å². The maximum atomic E-state index is 3.52. The fourth-order valence-corrected chi connectivity index (χ4v) is 3.65. The van der Waals surface area contributed by atoms with E-state index < -0.39 is 0 Å². The summed E-state index contributed by atoms with van der Waals surface area (Å²) < 4.78 is 1.19. The Hall–Kier alpha value is 0.0600. The number of rotatable bonds is 6. The largest absolute Gasteiger partial charge is 0.311 e. The van der Waals surface area contributed by atoms with Gasteiger partial charge in [0.25, 0.3) is 0 Å². The predicted molar refractivity (Wildman–Crippen MR) is 82.3 cm³/mol. The van der Waals surface area contributed by atoms with Gasteiger partial charge in [0.1, 0.15) is 0 Å². The lowest BCUT2D eigenvalue weighted by atomic mass is 10.3. The molecule has 5 heteroatoms. The third-order valence-corrected chi connectivity index (χ3v) is 5.14. The summed E-state index contributed by atoms with van der Waals surface area (Å²) in [7, 11) is 0. The molecular weight excluding hydrogens is 310 g/mol. The molecule has 0 aliphatic carbocycles. The Balaban J connectivity index is 1.56. The number of piperazine rings is 1. The third-order valence-electron chi connectivity index (χ3n) is 3.44. The number of hydrogen-bond acceptors (Lipinski definition) is 4. The Bertz CT molecular complexity index is 348. The molecule has 18 heavy (non-hydrogen) atoms. The van der Waals surface area contributed by atoms with E-state index in [1.54, 1.807) is 0 Å². The van der Waals surface area contributed by atoms with E-state index in [0.717, 1.165) is 13.1 Å². The van der Waals surface area contributed by atoms with Gasteiger partial charge in [-0.05, 0) is 28.5 Å². The van der Waals surface area contributed by atoms with Crippen molar-refractivity contribution >= 4 is 27.3 Å². The van der Waals surface area contributed by atoms with Crippen LogP contribution in [0.2, 0.25) is 0 Å². The first kappa shape index (κ1) is 14.5. The molecule has 3 nitrogen and oxygen atoms in total. The summed E-state index contributed by atoms with van der Waals surface area (Å²) in [5.74, 6) is 0. The van der Waals surface area contributed by atoms with Gasteiger partial charge in [-0.25, -0.2) is 0 Å². The predicted octanol–water partition coefficient (Wildman–Crippen LogP) is 2.24. The molecule has 1 aromatic rings. The summed E-state index contributed by atoms with van der Waals surface area (Å²) in [6.07, 6.45) is 0. The Labute approximate surface area is 122 Å². The molecule has 0 aromatic carbocycles. The van der Waals surface area contributed by atoms with Crippen molar-refractivity contribution in [3.05, 3.63) is 20.8 Å². The molecule has 1 aromatic heterocycles. The second kappa shape index (κ2) is 7.60. The Morgan fingerprint density at radius 3 is 2.61 bits per heavy atom. The highest BCUT2D eigenvalue weighted by atomic mass is 79.9. The van der Waals surface area contributed by atoms with Crippen molar-refractivity contribution in [2.45, 2.75) is 13.5 Å². The molecule has 0 bridgehead atoms. The minimum Gasteiger partial charge on any atom is -0.311 e. The minimum absolute atomic E-state index is 0.991. The molecular formula is C13H22BrN3S. The van der Waals surface area contributed by atoms with Crippen molar-refractivity contribution in [2.75, 3.05) is 45.8 Å². The first-order valence-electron chi connectivity index (χ1n) is 6.66. The van der Waals surface area contributed by atoms with Crippen LogP contribution in [0.25, 0.3) is 0 Å². The van der Waals surface area contributed by atoms with Crippen LogP contribution in [-0.4, -0.2) is 55.6 Å². The Kier molecular flexibility index (Phi) is 6.11. The molecule has 0 spiro atoms. The van der Waals surface area contributed by atoms with Gasteiger partial charge >= 0.3 is 0 Å². The maximum absolute atomic E-state index is 3.52. The number of halogens is 1. The molecule has 1 aliphatic heterocycles. The van der Waals surface area contributed by atoms with E-state index in [1.807, 2.05) is 11.3 Å². The van der Waals surface area contributed by atoms with Crippen molar-refractivity contribution in [3.63, 3.8) is 0 Å². The van der Waals surface area contributed by atoms with Crippen molar-refractivity contribution < 1.29 is 0 Å². The van der Waals surface area contributed by atoms with E-state index in [-0.39, 0.29) is 0 Å². The SMILES string of the molecule is CCN1CCN(CCNCc2cc(Br)cs2)CC1. The molecule has 1 fully saturated rings. The second-order valence-corrected chi connectivity index (χ2v) is 6.60. The average Bonchev–Trinajstić information content (AvgIpc) is 2.81. The smallest absolute Gasteiger partial charge is 0.0300 e. The van der Waals surface area contributed by atoms with Crippen LogP contribution in [-0.2, 0) is 6.54 Å².